The summed E-state index contributed by atoms with van der Waals surface area (Å²) in [5.74, 6) is -1.60. The molecule has 5 nitrogen and oxygen atoms in total. The smallest absolute Gasteiger partial charge is 0.294 e. The van der Waals surface area contributed by atoms with Crippen LogP contribution in [-0.2, 0) is 9.59 Å². The van der Waals surface area contributed by atoms with Crippen molar-refractivity contribution in [1.29, 1.82) is 0 Å². The Labute approximate surface area is 49.9 Å². The van der Waals surface area contributed by atoms with E-state index in [0.29, 0.717) is 12.4 Å². The van der Waals surface area contributed by atoms with Crippen molar-refractivity contribution in [1.82, 2.24) is 0 Å². The maximum Gasteiger partial charge on any atom is 0.294 e. The average molecular weight is 126 g/mol. The minimum Gasteiger partial charge on any atom is -0.594 e. The number of ketones is 2. The molecule has 0 saturated heterocycles. The summed E-state index contributed by atoms with van der Waals surface area (Å²) in [4.78, 5) is 20.6. The number of hydrogen-bond acceptors (Lipinski definition) is 4. The lowest BCUT2D eigenvalue weighted by molar-refractivity contribution is -0.456. The second-order valence-electron chi connectivity index (χ2n) is 1.40. The molecule has 0 radical (unpaired) electrons. The molecule has 0 N–H and O–H groups in total. The Bertz CT molecular complexity index is 228. The van der Waals surface area contributed by atoms with Crippen LogP contribution in [0.1, 0.15) is 0 Å². The molecule has 1 rings (SSSR count). The minimum absolute atomic E-state index is 0.0454. The highest BCUT2D eigenvalue weighted by molar-refractivity contribution is 6.72. The van der Waals surface area contributed by atoms with Crippen molar-refractivity contribution in [3.05, 3.63) is 5.21 Å². The lowest BCUT2D eigenvalue weighted by atomic mass is 10.3. The molecule has 0 unspecified atom stereocenters. The van der Waals surface area contributed by atoms with Gasteiger partial charge in [0.25, 0.3) is 17.8 Å². The first-order valence-electron chi connectivity index (χ1n) is 2.13. The lowest BCUT2D eigenvalue weighted by Crippen LogP contribution is -2.24. The van der Waals surface area contributed by atoms with Crippen LogP contribution in [0.5, 0.6) is 0 Å². The number of carbonyl (C=O) groups is 2. The van der Waals surface area contributed by atoms with Gasteiger partial charge in [-0.2, -0.15) is 0 Å². The predicted molar refractivity (Wildman–Crippen MR) is 28.2 cm³/mol. The fourth-order valence-corrected chi connectivity index (χ4v) is 0.370. The first-order chi connectivity index (χ1) is 4.20. The van der Waals surface area contributed by atoms with E-state index < -0.39 is 11.6 Å². The fourth-order valence-electron chi connectivity index (χ4n) is 0.370. The molecule has 46 valence electrons. The van der Waals surface area contributed by atoms with E-state index in [-0.39, 0.29) is 4.85 Å². The Hall–Kier alpha value is -1.52. The van der Waals surface area contributed by atoms with Gasteiger partial charge in [-0.05, 0) is 0 Å². The quantitative estimate of drug-likeness (QED) is 0.230. The summed E-state index contributed by atoms with van der Waals surface area (Å²) in [6, 6.07) is 0. The maximum atomic E-state index is 10.3. The lowest BCUT2D eigenvalue weighted by Gasteiger charge is -1.94. The summed E-state index contributed by atoms with van der Waals surface area (Å²) >= 11 is 0. The van der Waals surface area contributed by atoms with Crippen molar-refractivity contribution in [3.8, 4) is 0 Å². The molecule has 0 amide bonds. The van der Waals surface area contributed by atoms with Crippen molar-refractivity contribution in [2.45, 2.75) is 0 Å². The number of Topliss-reactive ketones (excluding diaryl/α,β-unsaturated/α-hetero) is 2. The molecule has 0 aliphatic carbocycles. The molecule has 5 heteroatoms. The molecule has 1 aliphatic heterocycles. The molecule has 1 heterocycles. The van der Waals surface area contributed by atoms with Gasteiger partial charge in [0.1, 0.15) is 6.21 Å². The number of carbonyl (C=O) groups excluding carboxylic acids is 2. The molecular formula is C4H2N2O3. The molecular weight excluding hydrogens is 124 g/mol. The van der Waals surface area contributed by atoms with Gasteiger partial charge in [-0.25, -0.2) is 0 Å². The van der Waals surface area contributed by atoms with Gasteiger partial charge < -0.3 is 5.21 Å². The van der Waals surface area contributed by atoms with Gasteiger partial charge in [-0.3, -0.25) is 9.59 Å². The van der Waals surface area contributed by atoms with Gasteiger partial charge in [-0.15, -0.1) is 0 Å². The topological polar surface area (TPSA) is 72.6 Å². The van der Waals surface area contributed by atoms with Crippen LogP contribution in [-0.4, -0.2) is 28.8 Å². The molecule has 0 fully saturated rings. The minimum atomic E-state index is -0.833. The SMILES string of the molecule is O=C1C=N[N+]([O-])=CC1=O. The summed E-state index contributed by atoms with van der Waals surface area (Å²) in [6.45, 7) is 0. The van der Waals surface area contributed by atoms with Gasteiger partial charge in [0.15, 0.2) is 0 Å². The molecule has 0 saturated carbocycles. The van der Waals surface area contributed by atoms with E-state index in [2.05, 4.69) is 5.10 Å². The third-order valence-corrected chi connectivity index (χ3v) is 0.759. The van der Waals surface area contributed by atoms with Gasteiger partial charge in [0.05, 0.1) is 0 Å². The highest BCUT2D eigenvalue weighted by Gasteiger charge is 2.17. The first kappa shape index (κ1) is 5.61. The van der Waals surface area contributed by atoms with E-state index in [0.717, 1.165) is 0 Å². The number of hydrogen-bond donors (Lipinski definition) is 0. The molecule has 9 heavy (non-hydrogen) atoms. The van der Waals surface area contributed by atoms with Crippen molar-refractivity contribution < 1.29 is 14.4 Å². The third kappa shape index (κ3) is 0.987. The third-order valence-electron chi connectivity index (χ3n) is 0.759. The summed E-state index contributed by atoms with van der Waals surface area (Å²) in [6.07, 6.45) is 1.28. The number of nitrogens with zero attached hydrogens (tertiary/aromatic N) is 2. The summed E-state index contributed by atoms with van der Waals surface area (Å²) in [5, 5.41) is 13.1. The van der Waals surface area contributed by atoms with Crippen LogP contribution in [0.15, 0.2) is 5.10 Å². The standard InChI is InChI=1S/C4H2N2O3/c7-3-1-5-6(9)2-4(3)8/h1-2H. The molecule has 0 aromatic heterocycles. The Balaban J connectivity index is 2.95. The molecule has 0 bridgehead atoms. The zero-order chi connectivity index (χ0) is 6.85. The van der Waals surface area contributed by atoms with Crippen molar-refractivity contribution >= 4 is 24.0 Å². The number of hydrazone groups is 1. The molecule has 1 aliphatic rings. The van der Waals surface area contributed by atoms with Crippen molar-refractivity contribution in [2.75, 3.05) is 0 Å². The summed E-state index contributed by atoms with van der Waals surface area (Å²) in [7, 11) is 0. The molecule has 0 aromatic carbocycles. The van der Waals surface area contributed by atoms with E-state index in [9.17, 15) is 14.8 Å². The highest BCUT2D eigenvalue weighted by atomic mass is 16.5. The summed E-state index contributed by atoms with van der Waals surface area (Å²) < 4.78 is 0. The zero-order valence-corrected chi connectivity index (χ0v) is 4.27. The van der Waals surface area contributed by atoms with Crippen LogP contribution < -0.4 is 0 Å². The van der Waals surface area contributed by atoms with Crippen LogP contribution in [0.4, 0.5) is 0 Å². The fraction of sp³-hybridized carbons (Fsp3) is 0. The Morgan fingerprint density at radius 2 is 2.11 bits per heavy atom. The maximum absolute atomic E-state index is 10.3. The Morgan fingerprint density at radius 3 is 2.56 bits per heavy atom. The van der Waals surface area contributed by atoms with Crippen LogP contribution in [0.3, 0.4) is 0 Å². The van der Waals surface area contributed by atoms with E-state index in [1.54, 1.807) is 0 Å². The normalized spacial score (nSPS) is 18.0. The zero-order valence-electron chi connectivity index (χ0n) is 4.27. The van der Waals surface area contributed by atoms with Crippen molar-refractivity contribution in [2.24, 2.45) is 5.10 Å². The predicted octanol–water partition coefficient (Wildman–Crippen LogP) is -1.29. The highest BCUT2D eigenvalue weighted by Crippen LogP contribution is 1.80. The van der Waals surface area contributed by atoms with E-state index >= 15 is 0 Å². The van der Waals surface area contributed by atoms with E-state index in [1.165, 1.54) is 0 Å². The average Bonchev–Trinajstić information content (AvgIpc) is 1.80. The Kier molecular flexibility index (Phi) is 1.11. The van der Waals surface area contributed by atoms with Gasteiger partial charge in [-0.1, -0.05) is 4.85 Å². The van der Waals surface area contributed by atoms with Gasteiger partial charge in [0.2, 0.25) is 0 Å². The van der Waals surface area contributed by atoms with Gasteiger partial charge in [0, 0.05) is 5.10 Å². The number of rotatable bonds is 0. The molecule has 0 spiro atoms. The second kappa shape index (κ2) is 1.77. The van der Waals surface area contributed by atoms with E-state index in [4.69, 9.17) is 0 Å². The summed E-state index contributed by atoms with van der Waals surface area (Å²) in [5.41, 5.74) is 0. The Morgan fingerprint density at radius 1 is 1.44 bits per heavy atom. The molecule has 0 aromatic rings. The van der Waals surface area contributed by atoms with E-state index in [1.807, 2.05) is 0 Å². The first-order valence-corrected chi connectivity index (χ1v) is 2.13. The van der Waals surface area contributed by atoms with Gasteiger partial charge >= 0.3 is 0 Å². The second-order valence-corrected chi connectivity index (χ2v) is 1.40. The van der Waals surface area contributed by atoms with Crippen molar-refractivity contribution in [3.63, 3.8) is 0 Å². The molecule has 0 atom stereocenters. The van der Waals surface area contributed by atoms with Crippen LogP contribution in [0, 0.1) is 5.21 Å². The van der Waals surface area contributed by atoms with Crippen LogP contribution in [0.2, 0.25) is 0 Å². The van der Waals surface area contributed by atoms with Crippen LogP contribution in [0.25, 0.3) is 0 Å². The monoisotopic (exact) mass is 126 g/mol. The van der Waals surface area contributed by atoms with Crippen LogP contribution >= 0.6 is 0 Å². The largest absolute Gasteiger partial charge is 0.594 e.